The Kier molecular flexibility index (Phi) is 2.70. The van der Waals surface area contributed by atoms with E-state index in [-0.39, 0.29) is 6.61 Å². The van der Waals surface area contributed by atoms with E-state index in [1.165, 1.54) is 0 Å². The molecule has 1 unspecified atom stereocenters. The standard InChI is InChI=1S/C3H6NO3P/c1-8(5,6)7-3-2-4/h3H2,1H3,(H,5,6). The van der Waals surface area contributed by atoms with Gasteiger partial charge in [0.25, 0.3) is 0 Å². The van der Waals surface area contributed by atoms with Crippen LogP contribution >= 0.6 is 7.60 Å². The van der Waals surface area contributed by atoms with Crippen molar-refractivity contribution >= 4 is 7.60 Å². The van der Waals surface area contributed by atoms with Gasteiger partial charge in [0.1, 0.15) is 6.61 Å². The summed E-state index contributed by atoms with van der Waals surface area (Å²) in [6.45, 7) is 0.703. The topological polar surface area (TPSA) is 70.3 Å². The van der Waals surface area contributed by atoms with Crippen LogP contribution in [0.15, 0.2) is 0 Å². The maximum absolute atomic E-state index is 10.2. The van der Waals surface area contributed by atoms with E-state index in [4.69, 9.17) is 10.2 Å². The Morgan fingerprint density at radius 1 is 2.00 bits per heavy atom. The zero-order valence-electron chi connectivity index (χ0n) is 4.37. The molecular formula is C3H6NO3P. The van der Waals surface area contributed by atoms with Gasteiger partial charge in [0.05, 0.1) is 6.07 Å². The van der Waals surface area contributed by atoms with Crippen LogP contribution in [0.25, 0.3) is 0 Å². The van der Waals surface area contributed by atoms with Crippen LogP contribution in [0.5, 0.6) is 0 Å². The predicted octanol–water partition coefficient (Wildman–Crippen LogP) is 0.342. The average Bonchev–Trinajstić information content (AvgIpc) is 1.59. The zero-order chi connectivity index (χ0) is 6.62. The van der Waals surface area contributed by atoms with Crippen molar-refractivity contribution in [2.75, 3.05) is 13.3 Å². The van der Waals surface area contributed by atoms with Crippen LogP contribution < -0.4 is 0 Å². The van der Waals surface area contributed by atoms with E-state index >= 15 is 0 Å². The summed E-state index contributed by atoms with van der Waals surface area (Å²) in [6, 6.07) is 1.57. The lowest BCUT2D eigenvalue weighted by molar-refractivity contribution is 0.296. The molecule has 0 amide bonds. The molecule has 0 radical (unpaired) electrons. The predicted molar refractivity (Wildman–Crippen MR) is 27.3 cm³/mol. The number of hydrogen-bond acceptors (Lipinski definition) is 3. The van der Waals surface area contributed by atoms with Crippen molar-refractivity contribution in [3.05, 3.63) is 0 Å². The SMILES string of the molecule is CP(=O)(O)OCC#N. The first-order chi connectivity index (χ1) is 3.56. The fourth-order valence-electron chi connectivity index (χ4n) is 0.149. The second-order valence-electron chi connectivity index (χ2n) is 1.23. The molecule has 1 N–H and O–H groups in total. The van der Waals surface area contributed by atoms with Crippen molar-refractivity contribution in [2.45, 2.75) is 0 Å². The van der Waals surface area contributed by atoms with Crippen molar-refractivity contribution < 1.29 is 14.0 Å². The van der Waals surface area contributed by atoms with Crippen molar-refractivity contribution in [1.82, 2.24) is 0 Å². The molecule has 0 saturated carbocycles. The Balaban J connectivity index is 3.45. The molecule has 0 aliphatic carbocycles. The summed E-state index contributed by atoms with van der Waals surface area (Å²) >= 11 is 0. The molecular weight excluding hydrogens is 129 g/mol. The average molecular weight is 135 g/mol. The lowest BCUT2D eigenvalue weighted by Crippen LogP contribution is -1.86. The fraction of sp³-hybridized carbons (Fsp3) is 0.667. The highest BCUT2D eigenvalue weighted by molar-refractivity contribution is 7.51. The van der Waals surface area contributed by atoms with Gasteiger partial charge in [-0.3, -0.25) is 9.09 Å². The van der Waals surface area contributed by atoms with Gasteiger partial charge in [-0.1, -0.05) is 0 Å². The van der Waals surface area contributed by atoms with Gasteiger partial charge in [-0.25, -0.2) is 0 Å². The molecule has 46 valence electrons. The molecule has 1 atom stereocenters. The third-order valence-corrected chi connectivity index (χ3v) is 0.977. The second kappa shape index (κ2) is 2.83. The van der Waals surface area contributed by atoms with Gasteiger partial charge < -0.3 is 4.89 Å². The fourth-order valence-corrected chi connectivity index (χ4v) is 0.446. The maximum atomic E-state index is 10.2. The first kappa shape index (κ1) is 7.64. The van der Waals surface area contributed by atoms with Gasteiger partial charge in [0.15, 0.2) is 0 Å². The van der Waals surface area contributed by atoms with Gasteiger partial charge in [-0.05, 0) is 0 Å². The minimum atomic E-state index is -3.40. The van der Waals surface area contributed by atoms with Crippen LogP contribution in [0.3, 0.4) is 0 Å². The van der Waals surface area contributed by atoms with E-state index in [2.05, 4.69) is 4.52 Å². The van der Waals surface area contributed by atoms with Crippen LogP contribution in [-0.4, -0.2) is 18.2 Å². The van der Waals surface area contributed by atoms with Crippen LogP contribution in [-0.2, 0) is 9.09 Å². The molecule has 0 aromatic carbocycles. The highest BCUT2D eigenvalue weighted by Gasteiger charge is 2.07. The molecule has 0 bridgehead atoms. The van der Waals surface area contributed by atoms with E-state index in [1.54, 1.807) is 6.07 Å². The largest absolute Gasteiger partial charge is 0.326 e. The van der Waals surface area contributed by atoms with Crippen LogP contribution in [0.2, 0.25) is 0 Å². The van der Waals surface area contributed by atoms with Gasteiger partial charge in [0.2, 0.25) is 0 Å². The molecule has 0 aliphatic rings. The third-order valence-electron chi connectivity index (χ3n) is 0.369. The number of nitrogens with zero attached hydrogens (tertiary/aromatic N) is 1. The first-order valence-electron chi connectivity index (χ1n) is 1.88. The lowest BCUT2D eigenvalue weighted by atomic mass is 10.9. The molecule has 8 heavy (non-hydrogen) atoms. The Morgan fingerprint density at radius 3 is 2.62 bits per heavy atom. The van der Waals surface area contributed by atoms with Crippen molar-refractivity contribution in [3.63, 3.8) is 0 Å². The van der Waals surface area contributed by atoms with Gasteiger partial charge in [-0.2, -0.15) is 5.26 Å². The smallest absolute Gasteiger partial charge is 0.324 e. The number of hydrogen-bond donors (Lipinski definition) is 1. The van der Waals surface area contributed by atoms with Gasteiger partial charge >= 0.3 is 7.60 Å². The zero-order valence-corrected chi connectivity index (χ0v) is 5.26. The molecule has 0 aromatic rings. The van der Waals surface area contributed by atoms with Crippen LogP contribution in [0.1, 0.15) is 0 Å². The van der Waals surface area contributed by atoms with E-state index < -0.39 is 7.60 Å². The lowest BCUT2D eigenvalue weighted by Gasteiger charge is -1.99. The van der Waals surface area contributed by atoms with Crippen molar-refractivity contribution in [3.8, 4) is 6.07 Å². The molecule has 0 aromatic heterocycles. The summed E-state index contributed by atoms with van der Waals surface area (Å²) in [5.74, 6) is 0. The normalized spacial score (nSPS) is 16.6. The Morgan fingerprint density at radius 2 is 2.50 bits per heavy atom. The summed E-state index contributed by atoms with van der Waals surface area (Å²) < 4.78 is 14.3. The Labute approximate surface area is 47.2 Å². The highest BCUT2D eigenvalue weighted by Crippen LogP contribution is 2.35. The molecule has 5 heteroatoms. The van der Waals surface area contributed by atoms with E-state index in [0.29, 0.717) is 0 Å². The number of rotatable bonds is 2. The summed E-state index contributed by atoms with van der Waals surface area (Å²) in [5.41, 5.74) is 0. The highest BCUT2D eigenvalue weighted by atomic mass is 31.2. The van der Waals surface area contributed by atoms with Crippen molar-refractivity contribution in [2.24, 2.45) is 0 Å². The number of nitriles is 1. The molecule has 4 nitrogen and oxygen atoms in total. The summed E-state index contributed by atoms with van der Waals surface area (Å²) in [6.07, 6.45) is 0. The molecule has 0 saturated heterocycles. The minimum Gasteiger partial charge on any atom is -0.324 e. The van der Waals surface area contributed by atoms with Crippen LogP contribution in [0.4, 0.5) is 0 Å². The minimum absolute atomic E-state index is 0.329. The van der Waals surface area contributed by atoms with Crippen LogP contribution in [0, 0.1) is 11.3 Å². The summed E-state index contributed by atoms with van der Waals surface area (Å²) in [5, 5.41) is 7.82. The van der Waals surface area contributed by atoms with Gasteiger partial charge in [0, 0.05) is 6.66 Å². The molecule has 0 rings (SSSR count). The van der Waals surface area contributed by atoms with E-state index in [1.807, 2.05) is 0 Å². The monoisotopic (exact) mass is 135 g/mol. The first-order valence-corrected chi connectivity index (χ1v) is 3.90. The summed E-state index contributed by atoms with van der Waals surface area (Å²) in [7, 11) is -3.40. The molecule has 0 spiro atoms. The second-order valence-corrected chi connectivity index (χ2v) is 3.10. The quantitative estimate of drug-likeness (QED) is 0.554. The maximum Gasteiger partial charge on any atom is 0.326 e. The Bertz CT molecular complexity index is 143. The molecule has 0 fully saturated rings. The van der Waals surface area contributed by atoms with Crippen molar-refractivity contribution in [1.29, 1.82) is 5.26 Å². The van der Waals surface area contributed by atoms with E-state index in [9.17, 15) is 4.57 Å². The Hall–Kier alpha value is -0.360. The van der Waals surface area contributed by atoms with Gasteiger partial charge in [-0.15, -0.1) is 0 Å². The third kappa shape index (κ3) is 5.64. The molecule has 0 heterocycles. The van der Waals surface area contributed by atoms with E-state index in [0.717, 1.165) is 6.66 Å². The molecule has 0 aliphatic heterocycles. The summed E-state index contributed by atoms with van der Waals surface area (Å²) in [4.78, 5) is 8.33.